The number of hydrogen-bond acceptors (Lipinski definition) is 4. The van der Waals surface area contributed by atoms with Crippen LogP contribution in [0.25, 0.3) is 0 Å². The van der Waals surface area contributed by atoms with Crippen molar-refractivity contribution in [3.05, 3.63) is 0 Å². The Morgan fingerprint density at radius 1 is 1.53 bits per heavy atom. The molecule has 100 valence electrons. The van der Waals surface area contributed by atoms with Crippen molar-refractivity contribution >= 4 is 0 Å². The standard InChI is InChI=1S/C13H26N2O2/c1-11-9-15(6-7-17-11)12-4-3-5-13(8-12,10-16)14-2/h11-12,14,16H,3-10H2,1-2H3. The van der Waals surface area contributed by atoms with Gasteiger partial charge in [-0.1, -0.05) is 0 Å². The number of aliphatic hydroxyl groups excluding tert-OH is 1. The van der Waals surface area contributed by atoms with Crippen LogP contribution >= 0.6 is 0 Å². The van der Waals surface area contributed by atoms with Gasteiger partial charge in [-0.05, 0) is 39.7 Å². The maximum absolute atomic E-state index is 9.60. The van der Waals surface area contributed by atoms with Gasteiger partial charge in [-0.25, -0.2) is 0 Å². The molecular formula is C13H26N2O2. The van der Waals surface area contributed by atoms with E-state index >= 15 is 0 Å². The fourth-order valence-electron chi connectivity index (χ4n) is 3.27. The number of aliphatic hydroxyl groups is 1. The first-order valence-corrected chi connectivity index (χ1v) is 6.84. The van der Waals surface area contributed by atoms with E-state index in [1.807, 2.05) is 7.05 Å². The van der Waals surface area contributed by atoms with Crippen LogP contribution in [0.15, 0.2) is 0 Å². The summed E-state index contributed by atoms with van der Waals surface area (Å²) in [7, 11) is 1.97. The highest BCUT2D eigenvalue weighted by molar-refractivity contribution is 4.96. The van der Waals surface area contributed by atoms with Crippen LogP contribution in [0.3, 0.4) is 0 Å². The summed E-state index contributed by atoms with van der Waals surface area (Å²) in [5.74, 6) is 0. The molecular weight excluding hydrogens is 216 g/mol. The normalized spacial score (nSPS) is 40.4. The molecule has 2 N–H and O–H groups in total. The molecule has 3 unspecified atom stereocenters. The third-order valence-corrected chi connectivity index (χ3v) is 4.44. The Kier molecular flexibility index (Phi) is 4.42. The lowest BCUT2D eigenvalue weighted by atomic mass is 9.79. The first-order chi connectivity index (χ1) is 8.19. The van der Waals surface area contributed by atoms with E-state index in [-0.39, 0.29) is 12.1 Å². The van der Waals surface area contributed by atoms with Gasteiger partial charge in [0.1, 0.15) is 0 Å². The molecule has 1 saturated carbocycles. The molecule has 17 heavy (non-hydrogen) atoms. The van der Waals surface area contributed by atoms with Crippen molar-refractivity contribution < 1.29 is 9.84 Å². The van der Waals surface area contributed by atoms with Gasteiger partial charge < -0.3 is 15.2 Å². The van der Waals surface area contributed by atoms with E-state index in [4.69, 9.17) is 4.74 Å². The van der Waals surface area contributed by atoms with Crippen LogP contribution in [0.5, 0.6) is 0 Å². The fourth-order valence-corrected chi connectivity index (χ4v) is 3.27. The van der Waals surface area contributed by atoms with E-state index in [0.717, 1.165) is 32.5 Å². The Labute approximate surface area is 104 Å². The minimum absolute atomic E-state index is 0.0511. The van der Waals surface area contributed by atoms with Crippen molar-refractivity contribution in [3.63, 3.8) is 0 Å². The van der Waals surface area contributed by atoms with Gasteiger partial charge in [0.25, 0.3) is 0 Å². The Balaban J connectivity index is 1.96. The Bertz CT molecular complexity index is 244. The minimum Gasteiger partial charge on any atom is -0.394 e. The second-order valence-electron chi connectivity index (χ2n) is 5.61. The lowest BCUT2D eigenvalue weighted by Gasteiger charge is -2.45. The number of ether oxygens (including phenoxy) is 1. The van der Waals surface area contributed by atoms with E-state index in [0.29, 0.717) is 12.1 Å². The molecule has 1 heterocycles. The first kappa shape index (κ1) is 13.3. The molecule has 0 aromatic rings. The molecule has 0 spiro atoms. The fraction of sp³-hybridized carbons (Fsp3) is 1.00. The Morgan fingerprint density at radius 3 is 3.00 bits per heavy atom. The van der Waals surface area contributed by atoms with Crippen molar-refractivity contribution in [2.45, 2.75) is 50.3 Å². The van der Waals surface area contributed by atoms with Gasteiger partial charge in [-0.3, -0.25) is 4.90 Å². The average molecular weight is 242 g/mol. The smallest absolute Gasteiger partial charge is 0.0674 e. The zero-order valence-electron chi connectivity index (χ0n) is 11.1. The SMILES string of the molecule is CNC1(CO)CCCC(N2CCOC(C)C2)C1. The molecule has 3 atom stereocenters. The summed E-state index contributed by atoms with van der Waals surface area (Å²) < 4.78 is 5.60. The van der Waals surface area contributed by atoms with Gasteiger partial charge in [0.2, 0.25) is 0 Å². The molecule has 1 saturated heterocycles. The molecule has 1 aliphatic carbocycles. The highest BCUT2D eigenvalue weighted by Crippen LogP contribution is 2.31. The topological polar surface area (TPSA) is 44.7 Å². The van der Waals surface area contributed by atoms with Gasteiger partial charge in [-0.15, -0.1) is 0 Å². The molecule has 4 nitrogen and oxygen atoms in total. The number of hydrogen-bond donors (Lipinski definition) is 2. The largest absolute Gasteiger partial charge is 0.394 e. The monoisotopic (exact) mass is 242 g/mol. The number of morpholine rings is 1. The van der Waals surface area contributed by atoms with Gasteiger partial charge in [0, 0.05) is 24.7 Å². The van der Waals surface area contributed by atoms with Crippen molar-refractivity contribution in [2.75, 3.05) is 33.4 Å². The number of likely N-dealkylation sites (N-methyl/N-ethyl adjacent to an activating group) is 1. The molecule has 0 aromatic carbocycles. The van der Waals surface area contributed by atoms with Crippen LogP contribution in [0.4, 0.5) is 0 Å². The first-order valence-electron chi connectivity index (χ1n) is 6.84. The molecule has 2 rings (SSSR count). The van der Waals surface area contributed by atoms with Crippen LogP contribution in [0.1, 0.15) is 32.6 Å². The Morgan fingerprint density at radius 2 is 2.35 bits per heavy atom. The average Bonchev–Trinajstić information content (AvgIpc) is 2.39. The second kappa shape index (κ2) is 5.65. The van der Waals surface area contributed by atoms with Crippen molar-refractivity contribution in [3.8, 4) is 0 Å². The van der Waals surface area contributed by atoms with Crippen molar-refractivity contribution in [1.82, 2.24) is 10.2 Å². The van der Waals surface area contributed by atoms with Crippen LogP contribution in [0.2, 0.25) is 0 Å². The number of nitrogens with one attached hydrogen (secondary N) is 1. The maximum atomic E-state index is 9.60. The van der Waals surface area contributed by atoms with Crippen LogP contribution in [-0.4, -0.2) is 61.0 Å². The van der Waals surface area contributed by atoms with E-state index in [2.05, 4.69) is 17.1 Å². The summed E-state index contributed by atoms with van der Waals surface area (Å²) in [4.78, 5) is 2.55. The lowest BCUT2D eigenvalue weighted by Crippen LogP contribution is -2.56. The molecule has 0 radical (unpaired) electrons. The molecule has 0 bridgehead atoms. The van der Waals surface area contributed by atoms with Gasteiger partial charge >= 0.3 is 0 Å². The summed E-state index contributed by atoms with van der Waals surface area (Å²) in [5.41, 5.74) is -0.0511. The molecule has 4 heteroatoms. The molecule has 1 aliphatic heterocycles. The van der Waals surface area contributed by atoms with Gasteiger partial charge in [0.05, 0.1) is 19.3 Å². The highest BCUT2D eigenvalue weighted by atomic mass is 16.5. The van der Waals surface area contributed by atoms with Crippen molar-refractivity contribution in [2.24, 2.45) is 0 Å². The maximum Gasteiger partial charge on any atom is 0.0674 e. The van der Waals surface area contributed by atoms with Crippen LogP contribution in [-0.2, 0) is 4.74 Å². The summed E-state index contributed by atoms with van der Waals surface area (Å²) in [6.45, 7) is 5.33. The third-order valence-electron chi connectivity index (χ3n) is 4.44. The zero-order chi connectivity index (χ0) is 12.3. The predicted octanol–water partition coefficient (Wildman–Crippen LogP) is 0.600. The number of rotatable bonds is 3. The Hall–Kier alpha value is -0.160. The summed E-state index contributed by atoms with van der Waals surface area (Å²) >= 11 is 0. The quantitative estimate of drug-likeness (QED) is 0.761. The minimum atomic E-state index is -0.0511. The van der Waals surface area contributed by atoms with E-state index in [9.17, 15) is 5.11 Å². The van der Waals surface area contributed by atoms with E-state index in [1.54, 1.807) is 0 Å². The predicted molar refractivity (Wildman–Crippen MR) is 68.1 cm³/mol. The van der Waals surface area contributed by atoms with Crippen LogP contribution < -0.4 is 5.32 Å². The zero-order valence-corrected chi connectivity index (χ0v) is 11.1. The van der Waals surface area contributed by atoms with E-state index in [1.165, 1.54) is 12.8 Å². The molecule has 2 fully saturated rings. The van der Waals surface area contributed by atoms with Crippen molar-refractivity contribution in [1.29, 1.82) is 0 Å². The molecule has 0 amide bonds. The number of nitrogens with zero attached hydrogens (tertiary/aromatic N) is 1. The summed E-state index contributed by atoms with van der Waals surface area (Å²) in [5, 5.41) is 12.9. The van der Waals surface area contributed by atoms with E-state index < -0.39 is 0 Å². The summed E-state index contributed by atoms with van der Waals surface area (Å²) in [6.07, 6.45) is 4.97. The molecule has 0 aromatic heterocycles. The van der Waals surface area contributed by atoms with Crippen LogP contribution in [0, 0.1) is 0 Å². The third kappa shape index (κ3) is 2.99. The van der Waals surface area contributed by atoms with Gasteiger partial charge in [0.15, 0.2) is 0 Å². The molecule has 2 aliphatic rings. The summed E-state index contributed by atoms with van der Waals surface area (Å²) in [6, 6.07) is 0.606. The van der Waals surface area contributed by atoms with Gasteiger partial charge in [-0.2, -0.15) is 0 Å². The second-order valence-corrected chi connectivity index (χ2v) is 5.61. The lowest BCUT2D eigenvalue weighted by molar-refractivity contribution is -0.0488. The highest BCUT2D eigenvalue weighted by Gasteiger charge is 2.37.